The molecule has 2 aromatic carbocycles. The Kier molecular flexibility index (Phi) is 7.37. The summed E-state index contributed by atoms with van der Waals surface area (Å²) in [6.45, 7) is 1.25. The molecular weight excluding hydrogens is 434 g/mol. The van der Waals surface area contributed by atoms with Gasteiger partial charge >= 0.3 is 11.7 Å². The van der Waals surface area contributed by atoms with Crippen molar-refractivity contribution >= 4 is 23.8 Å². The molecule has 0 aliphatic rings. The number of nitrogens with zero attached hydrogens (tertiary/aromatic N) is 2. The van der Waals surface area contributed by atoms with Gasteiger partial charge in [-0.05, 0) is 54.4 Å². The number of hydrogen-bond acceptors (Lipinski definition) is 9. The van der Waals surface area contributed by atoms with E-state index in [9.17, 15) is 19.7 Å². The predicted octanol–water partition coefficient (Wildman–Crippen LogP) is 3.25. The van der Waals surface area contributed by atoms with Crippen molar-refractivity contribution in [3.8, 4) is 17.2 Å². The van der Waals surface area contributed by atoms with Crippen LogP contribution in [0.3, 0.4) is 0 Å². The summed E-state index contributed by atoms with van der Waals surface area (Å²) in [6, 6.07) is 12.1. The number of nitrogens with one attached hydrogen (secondary N) is 1. The number of carbonyl (C=O) groups is 2. The molecule has 11 heteroatoms. The van der Waals surface area contributed by atoms with Crippen LogP contribution in [0.25, 0.3) is 0 Å². The highest BCUT2D eigenvalue weighted by Crippen LogP contribution is 2.29. The summed E-state index contributed by atoms with van der Waals surface area (Å²) in [6.07, 6.45) is 2.70. The zero-order valence-corrected chi connectivity index (χ0v) is 17.6. The molecule has 3 aromatic rings. The Labute approximate surface area is 187 Å². The fourth-order valence-corrected chi connectivity index (χ4v) is 2.64. The Morgan fingerprint density at radius 1 is 1.15 bits per heavy atom. The molecule has 0 fully saturated rings. The lowest BCUT2D eigenvalue weighted by Crippen LogP contribution is -2.24. The minimum atomic E-state index is -0.680. The number of hydrogen-bond donors (Lipinski definition) is 1. The lowest BCUT2D eigenvalue weighted by molar-refractivity contribution is -0.385. The van der Waals surface area contributed by atoms with E-state index in [1.54, 1.807) is 31.2 Å². The summed E-state index contributed by atoms with van der Waals surface area (Å²) >= 11 is 0. The number of amides is 1. The Bertz CT molecular complexity index is 1190. The second kappa shape index (κ2) is 10.6. The van der Waals surface area contributed by atoms with Crippen LogP contribution in [0.4, 0.5) is 5.69 Å². The molecule has 0 aliphatic carbocycles. The number of esters is 1. The van der Waals surface area contributed by atoms with Gasteiger partial charge in [-0.15, -0.1) is 0 Å². The summed E-state index contributed by atoms with van der Waals surface area (Å²) in [5, 5.41) is 14.9. The van der Waals surface area contributed by atoms with Crippen LogP contribution in [0, 0.1) is 17.0 Å². The number of nitro benzene ring substituents is 1. The molecule has 0 saturated carbocycles. The van der Waals surface area contributed by atoms with Crippen molar-refractivity contribution < 1.29 is 33.1 Å². The van der Waals surface area contributed by atoms with E-state index in [1.807, 2.05) is 0 Å². The van der Waals surface area contributed by atoms with Crippen molar-refractivity contribution in [2.24, 2.45) is 5.10 Å². The quantitative estimate of drug-likeness (QED) is 0.171. The van der Waals surface area contributed by atoms with Crippen molar-refractivity contribution in [2.45, 2.75) is 6.92 Å². The number of rotatable bonds is 9. The third-order valence-electron chi connectivity index (χ3n) is 4.19. The number of methoxy groups -OCH3 is 1. The number of aryl methyl sites for hydroxylation is 1. The summed E-state index contributed by atoms with van der Waals surface area (Å²) < 4.78 is 20.7. The fourth-order valence-electron chi connectivity index (χ4n) is 2.64. The maximum absolute atomic E-state index is 12.0. The lowest BCUT2D eigenvalue weighted by atomic mass is 10.2. The lowest BCUT2D eigenvalue weighted by Gasteiger charge is -2.09. The number of furan rings is 1. The maximum atomic E-state index is 12.0. The summed E-state index contributed by atoms with van der Waals surface area (Å²) in [7, 11) is 1.41. The minimum Gasteiger partial charge on any atom is -0.493 e. The predicted molar refractivity (Wildman–Crippen MR) is 116 cm³/mol. The highest BCUT2D eigenvalue weighted by atomic mass is 16.6. The van der Waals surface area contributed by atoms with Crippen molar-refractivity contribution in [3.63, 3.8) is 0 Å². The van der Waals surface area contributed by atoms with E-state index in [-0.39, 0.29) is 28.7 Å². The zero-order chi connectivity index (χ0) is 23.8. The van der Waals surface area contributed by atoms with Crippen LogP contribution in [0.2, 0.25) is 0 Å². The van der Waals surface area contributed by atoms with E-state index in [1.165, 1.54) is 43.9 Å². The molecule has 0 bridgehead atoms. The normalized spacial score (nSPS) is 10.6. The zero-order valence-electron chi connectivity index (χ0n) is 17.6. The molecule has 0 spiro atoms. The van der Waals surface area contributed by atoms with Crippen molar-refractivity contribution in [1.82, 2.24) is 5.43 Å². The molecule has 33 heavy (non-hydrogen) atoms. The van der Waals surface area contributed by atoms with Gasteiger partial charge < -0.3 is 18.6 Å². The maximum Gasteiger partial charge on any atom is 0.379 e. The first kappa shape index (κ1) is 23.0. The smallest absolute Gasteiger partial charge is 0.379 e. The van der Waals surface area contributed by atoms with E-state index in [0.29, 0.717) is 11.1 Å². The molecule has 1 heterocycles. The molecule has 0 saturated heterocycles. The molecule has 170 valence electrons. The van der Waals surface area contributed by atoms with Crippen LogP contribution in [-0.4, -0.2) is 36.7 Å². The van der Waals surface area contributed by atoms with E-state index in [4.69, 9.17) is 18.6 Å². The van der Waals surface area contributed by atoms with Crippen molar-refractivity contribution in [1.29, 1.82) is 0 Å². The molecule has 0 atom stereocenters. The standard InChI is InChI=1S/C22H19N3O8/c1-14-5-7-17(16(10-14)25(28)29)32-13-21(26)24-23-12-15-6-8-18(20(11-15)30-2)33-22(27)19-4-3-9-31-19/h3-12H,13H2,1-2H3,(H,24,26). The second-order valence-electron chi connectivity index (χ2n) is 6.59. The molecular formula is C22H19N3O8. The molecule has 1 amide bonds. The first-order valence-corrected chi connectivity index (χ1v) is 9.51. The second-order valence-corrected chi connectivity index (χ2v) is 6.59. The molecule has 3 rings (SSSR count). The van der Waals surface area contributed by atoms with Gasteiger partial charge in [0.15, 0.2) is 23.9 Å². The van der Waals surface area contributed by atoms with E-state index in [2.05, 4.69) is 10.5 Å². The van der Waals surface area contributed by atoms with Gasteiger partial charge in [0.05, 0.1) is 24.5 Å². The van der Waals surface area contributed by atoms with E-state index >= 15 is 0 Å². The first-order valence-electron chi connectivity index (χ1n) is 9.51. The Hall–Kier alpha value is -4.67. The van der Waals surface area contributed by atoms with Crippen LogP contribution in [-0.2, 0) is 4.79 Å². The van der Waals surface area contributed by atoms with Crippen LogP contribution < -0.4 is 19.6 Å². The largest absolute Gasteiger partial charge is 0.493 e. The van der Waals surface area contributed by atoms with Gasteiger partial charge in [-0.2, -0.15) is 5.10 Å². The molecule has 0 unspecified atom stereocenters. The molecule has 1 N–H and O–H groups in total. The third-order valence-corrected chi connectivity index (χ3v) is 4.19. The Balaban J connectivity index is 1.57. The SMILES string of the molecule is COc1cc(C=NNC(=O)COc2ccc(C)cc2[N+](=O)[O-])ccc1OC(=O)c1ccco1. The summed E-state index contributed by atoms with van der Waals surface area (Å²) in [5.41, 5.74) is 3.27. The van der Waals surface area contributed by atoms with Gasteiger partial charge in [-0.25, -0.2) is 10.2 Å². The van der Waals surface area contributed by atoms with E-state index in [0.717, 1.165) is 0 Å². The van der Waals surface area contributed by atoms with Crippen molar-refractivity contribution in [2.75, 3.05) is 13.7 Å². The van der Waals surface area contributed by atoms with Crippen LogP contribution in [0.1, 0.15) is 21.7 Å². The van der Waals surface area contributed by atoms with Gasteiger partial charge in [0.1, 0.15) is 0 Å². The topological polar surface area (TPSA) is 142 Å². The average Bonchev–Trinajstić information content (AvgIpc) is 3.34. The third kappa shape index (κ3) is 6.17. The fraction of sp³-hybridized carbons (Fsp3) is 0.136. The molecule has 11 nitrogen and oxygen atoms in total. The number of carbonyl (C=O) groups excluding carboxylic acids is 2. The summed E-state index contributed by atoms with van der Waals surface area (Å²) in [4.78, 5) is 34.5. The van der Waals surface area contributed by atoms with E-state index < -0.39 is 23.4 Å². The van der Waals surface area contributed by atoms with Crippen LogP contribution in [0.5, 0.6) is 17.2 Å². The molecule has 0 aliphatic heterocycles. The van der Waals surface area contributed by atoms with Gasteiger partial charge in [0.2, 0.25) is 5.76 Å². The minimum absolute atomic E-state index is 0.0193. The number of ether oxygens (including phenoxy) is 3. The van der Waals surface area contributed by atoms with Gasteiger partial charge in [-0.1, -0.05) is 6.07 Å². The Morgan fingerprint density at radius 2 is 1.94 bits per heavy atom. The highest BCUT2D eigenvalue weighted by molar-refractivity contribution is 5.89. The average molecular weight is 453 g/mol. The van der Waals surface area contributed by atoms with Crippen LogP contribution >= 0.6 is 0 Å². The number of hydrazone groups is 1. The van der Waals surface area contributed by atoms with Gasteiger partial charge in [-0.3, -0.25) is 14.9 Å². The molecule has 0 radical (unpaired) electrons. The van der Waals surface area contributed by atoms with Crippen LogP contribution in [0.15, 0.2) is 64.3 Å². The van der Waals surface area contributed by atoms with Crippen molar-refractivity contribution in [3.05, 3.63) is 81.8 Å². The molecule has 1 aromatic heterocycles. The van der Waals surface area contributed by atoms with Gasteiger partial charge in [0, 0.05) is 6.07 Å². The summed E-state index contributed by atoms with van der Waals surface area (Å²) in [5.74, 6) is -0.830. The Morgan fingerprint density at radius 3 is 2.64 bits per heavy atom. The first-order chi connectivity index (χ1) is 15.9. The highest BCUT2D eigenvalue weighted by Gasteiger charge is 2.17. The monoisotopic (exact) mass is 453 g/mol. The number of benzene rings is 2. The number of nitro groups is 1. The van der Waals surface area contributed by atoms with Gasteiger partial charge in [0.25, 0.3) is 5.91 Å².